The maximum Gasteiger partial charge on any atom is 0.421 e. The molecule has 174 valence electrons. The largest absolute Gasteiger partial charge is 0.445 e. The number of nitrogens with zero attached hydrogens (tertiary/aromatic N) is 3. The Labute approximate surface area is 185 Å². The number of alkyl halides is 3. The van der Waals surface area contributed by atoms with Gasteiger partial charge in [-0.15, -0.1) is 0 Å². The van der Waals surface area contributed by atoms with Gasteiger partial charge in [-0.1, -0.05) is 49.6 Å². The topological polar surface area (TPSA) is 93.4 Å². The molecule has 0 radical (unpaired) electrons. The molecular weight excluding hydrogens is 423 g/mol. The van der Waals surface area contributed by atoms with Crippen molar-refractivity contribution in [2.45, 2.75) is 57.3 Å². The van der Waals surface area contributed by atoms with Gasteiger partial charge < -0.3 is 20.7 Å². The van der Waals surface area contributed by atoms with Crippen LogP contribution in [0.5, 0.6) is 0 Å². The van der Waals surface area contributed by atoms with Gasteiger partial charge in [0.05, 0.1) is 0 Å². The number of aromatic nitrogens is 2. The predicted molar refractivity (Wildman–Crippen MR) is 115 cm³/mol. The zero-order valence-electron chi connectivity index (χ0n) is 17.8. The Morgan fingerprint density at radius 2 is 1.91 bits per heavy atom. The molecule has 1 aromatic heterocycles. The Balaban J connectivity index is 1.58. The van der Waals surface area contributed by atoms with E-state index in [9.17, 15) is 18.0 Å². The zero-order chi connectivity index (χ0) is 23.0. The molecule has 32 heavy (non-hydrogen) atoms. The van der Waals surface area contributed by atoms with Crippen LogP contribution in [-0.2, 0) is 17.5 Å². The van der Waals surface area contributed by atoms with Gasteiger partial charge in [-0.2, -0.15) is 18.2 Å². The Hall–Kier alpha value is -3.04. The molecule has 1 amide bonds. The Morgan fingerprint density at radius 3 is 2.59 bits per heavy atom. The average molecular weight is 451 g/mol. The van der Waals surface area contributed by atoms with Crippen molar-refractivity contribution in [1.82, 2.24) is 14.9 Å². The number of nitrogens with two attached hydrogens (primary N) is 1. The second-order valence-corrected chi connectivity index (χ2v) is 7.79. The minimum Gasteiger partial charge on any atom is -0.445 e. The summed E-state index contributed by atoms with van der Waals surface area (Å²) in [6.07, 6.45) is 1.12. The highest BCUT2D eigenvalue weighted by Crippen LogP contribution is 2.33. The molecule has 0 spiro atoms. The summed E-state index contributed by atoms with van der Waals surface area (Å²) < 4.78 is 45.0. The highest BCUT2D eigenvalue weighted by atomic mass is 19.4. The fraction of sp³-hybridized carbons (Fsp3) is 0.500. The van der Waals surface area contributed by atoms with Crippen LogP contribution in [0.4, 0.5) is 29.7 Å². The van der Waals surface area contributed by atoms with Crippen LogP contribution in [0.2, 0.25) is 0 Å². The van der Waals surface area contributed by atoms with E-state index in [1.165, 1.54) is 0 Å². The number of benzene rings is 1. The Morgan fingerprint density at radius 1 is 1.19 bits per heavy atom. The van der Waals surface area contributed by atoms with Crippen LogP contribution in [0, 0.1) is 0 Å². The number of carbonyl (C=O) groups excluding carboxylic acids is 1. The van der Waals surface area contributed by atoms with Crippen molar-refractivity contribution < 1.29 is 22.7 Å². The van der Waals surface area contributed by atoms with Gasteiger partial charge >= 0.3 is 12.3 Å². The molecule has 1 aromatic carbocycles. The normalized spacial score (nSPS) is 14.7. The number of hydrogen-bond donors (Lipinski definition) is 2. The van der Waals surface area contributed by atoms with Crippen molar-refractivity contribution in [3.8, 4) is 0 Å². The first-order valence-corrected chi connectivity index (χ1v) is 10.8. The molecule has 1 aliphatic rings. The lowest BCUT2D eigenvalue weighted by Gasteiger charge is -2.33. The number of nitrogens with one attached hydrogen (secondary N) is 1. The maximum atomic E-state index is 13.2. The Bertz CT molecular complexity index is 874. The van der Waals surface area contributed by atoms with Gasteiger partial charge in [-0.3, -0.25) is 0 Å². The molecule has 3 N–H and O–H groups in total. The third kappa shape index (κ3) is 6.73. The molecule has 0 atom stereocenters. The van der Waals surface area contributed by atoms with E-state index in [1.54, 1.807) is 4.90 Å². The molecule has 0 bridgehead atoms. The van der Waals surface area contributed by atoms with Gasteiger partial charge in [0.15, 0.2) is 0 Å². The number of ether oxygens (including phenoxy) is 1. The highest BCUT2D eigenvalue weighted by Gasteiger charge is 2.35. The number of hydrogen-bond acceptors (Lipinski definition) is 6. The molecular formula is C22H28F3N5O2. The van der Waals surface area contributed by atoms with Crippen molar-refractivity contribution in [3.05, 3.63) is 47.7 Å². The summed E-state index contributed by atoms with van der Waals surface area (Å²) in [6, 6.07) is 9.49. The van der Waals surface area contributed by atoms with Crippen molar-refractivity contribution in [2.24, 2.45) is 0 Å². The van der Waals surface area contributed by atoms with Crippen molar-refractivity contribution >= 4 is 17.9 Å². The molecule has 0 aliphatic heterocycles. The van der Waals surface area contributed by atoms with Crippen LogP contribution in [0.1, 0.15) is 49.7 Å². The first-order chi connectivity index (χ1) is 15.3. The minimum absolute atomic E-state index is 0.0763. The highest BCUT2D eigenvalue weighted by molar-refractivity contribution is 5.68. The van der Waals surface area contributed by atoms with Gasteiger partial charge in [0, 0.05) is 25.3 Å². The van der Waals surface area contributed by atoms with Crippen LogP contribution in [0.15, 0.2) is 36.5 Å². The number of carbonyl (C=O) groups is 1. The molecule has 10 heteroatoms. The monoisotopic (exact) mass is 451 g/mol. The maximum absolute atomic E-state index is 13.2. The average Bonchev–Trinajstić information content (AvgIpc) is 2.78. The second-order valence-electron chi connectivity index (χ2n) is 7.79. The summed E-state index contributed by atoms with van der Waals surface area (Å²) in [5, 5.41) is 2.69. The number of anilines is 2. The summed E-state index contributed by atoms with van der Waals surface area (Å²) in [5.41, 5.74) is 5.36. The zero-order valence-corrected chi connectivity index (χ0v) is 17.8. The van der Waals surface area contributed by atoms with Crippen LogP contribution in [0.25, 0.3) is 0 Å². The first-order valence-electron chi connectivity index (χ1n) is 10.8. The van der Waals surface area contributed by atoms with E-state index in [0.29, 0.717) is 19.2 Å². The molecule has 1 fully saturated rings. The molecule has 0 unspecified atom stereocenters. The lowest BCUT2D eigenvalue weighted by molar-refractivity contribution is -0.137. The van der Waals surface area contributed by atoms with Crippen molar-refractivity contribution in [3.63, 3.8) is 0 Å². The van der Waals surface area contributed by atoms with Gasteiger partial charge in [0.25, 0.3) is 0 Å². The lowest BCUT2D eigenvalue weighted by Crippen LogP contribution is -2.42. The third-order valence-corrected chi connectivity index (χ3v) is 5.44. The summed E-state index contributed by atoms with van der Waals surface area (Å²) >= 11 is 0. The van der Waals surface area contributed by atoms with Crippen LogP contribution in [0.3, 0.4) is 0 Å². The van der Waals surface area contributed by atoms with Gasteiger partial charge in [0.2, 0.25) is 5.95 Å². The van der Waals surface area contributed by atoms with Gasteiger partial charge in [-0.25, -0.2) is 9.78 Å². The summed E-state index contributed by atoms with van der Waals surface area (Å²) in [4.78, 5) is 21.6. The SMILES string of the molecule is Nc1ncc(C(F)(F)F)c(NCCCN(C(=O)OCc2ccccc2)C2CCCCC2)n1. The summed E-state index contributed by atoms with van der Waals surface area (Å²) in [6.45, 7) is 0.734. The van der Waals surface area contributed by atoms with Crippen LogP contribution >= 0.6 is 0 Å². The minimum atomic E-state index is -4.59. The number of halogens is 3. The lowest BCUT2D eigenvalue weighted by atomic mass is 9.94. The fourth-order valence-corrected chi connectivity index (χ4v) is 3.81. The molecule has 1 saturated carbocycles. The van der Waals surface area contributed by atoms with Crippen molar-refractivity contribution in [2.75, 3.05) is 24.1 Å². The molecule has 0 saturated heterocycles. The standard InChI is InChI=1S/C22H28F3N5O2/c23-22(24,25)18-14-28-20(26)29-19(18)27-12-7-13-30(17-10-5-2-6-11-17)21(31)32-15-16-8-3-1-4-9-16/h1,3-4,8-9,14,17H,2,5-7,10-13,15H2,(H3,26,27,28,29). The molecule has 1 aliphatic carbocycles. The quantitative estimate of drug-likeness (QED) is 0.558. The molecule has 7 nitrogen and oxygen atoms in total. The number of rotatable bonds is 8. The molecule has 1 heterocycles. The van der Waals surface area contributed by atoms with E-state index in [0.717, 1.165) is 37.7 Å². The van der Waals surface area contributed by atoms with E-state index in [2.05, 4.69) is 15.3 Å². The van der Waals surface area contributed by atoms with Crippen LogP contribution < -0.4 is 11.1 Å². The molecule has 2 aromatic rings. The van der Waals surface area contributed by atoms with Crippen LogP contribution in [-0.4, -0.2) is 40.1 Å². The second kappa shape index (κ2) is 11.0. The number of nitrogen functional groups attached to an aromatic ring is 1. The third-order valence-electron chi connectivity index (χ3n) is 5.44. The number of amides is 1. The fourth-order valence-electron chi connectivity index (χ4n) is 3.81. The summed E-state index contributed by atoms with van der Waals surface area (Å²) in [7, 11) is 0. The van der Waals surface area contributed by atoms with Gasteiger partial charge in [-0.05, 0) is 24.8 Å². The Kier molecular flexibility index (Phi) is 8.13. The summed E-state index contributed by atoms with van der Waals surface area (Å²) in [5.74, 6) is -0.602. The van der Waals surface area contributed by atoms with Crippen molar-refractivity contribution in [1.29, 1.82) is 0 Å². The predicted octanol–water partition coefficient (Wildman–Crippen LogP) is 4.85. The van der Waals surface area contributed by atoms with E-state index in [1.807, 2.05) is 30.3 Å². The first kappa shape index (κ1) is 23.6. The smallest absolute Gasteiger partial charge is 0.421 e. The van der Waals surface area contributed by atoms with E-state index in [4.69, 9.17) is 10.5 Å². The van der Waals surface area contributed by atoms with E-state index < -0.39 is 17.8 Å². The van der Waals surface area contributed by atoms with E-state index in [-0.39, 0.29) is 31.0 Å². The van der Waals surface area contributed by atoms with E-state index >= 15 is 0 Å². The molecule has 3 rings (SSSR count). The van der Waals surface area contributed by atoms with Gasteiger partial charge in [0.1, 0.15) is 18.0 Å².